The molecule has 0 atom stereocenters. The molecule has 0 saturated carbocycles. The summed E-state index contributed by atoms with van der Waals surface area (Å²) in [5, 5.41) is 14.7. The minimum Gasteiger partial charge on any atom is -0.494 e. The molecule has 0 saturated heterocycles. The van der Waals surface area contributed by atoms with Gasteiger partial charge in [-0.25, -0.2) is 5.43 Å². The number of amides is 1. The summed E-state index contributed by atoms with van der Waals surface area (Å²) in [4.78, 5) is 22.4. The zero-order valence-electron chi connectivity index (χ0n) is 15.6. The van der Waals surface area contributed by atoms with Crippen molar-refractivity contribution in [3.8, 4) is 5.75 Å². The van der Waals surface area contributed by atoms with Gasteiger partial charge in [0, 0.05) is 17.2 Å². The van der Waals surface area contributed by atoms with Crippen LogP contribution in [0.1, 0.15) is 48.5 Å². The molecule has 148 valence electrons. The molecule has 0 fully saturated rings. The number of carbonyl (C=O) groups excluding carboxylic acids is 1. The zero-order chi connectivity index (χ0) is 20.4. The number of nitro groups is 1. The van der Waals surface area contributed by atoms with Crippen molar-refractivity contribution in [2.45, 2.75) is 32.6 Å². The van der Waals surface area contributed by atoms with Crippen LogP contribution < -0.4 is 10.2 Å². The molecule has 2 rings (SSSR count). The molecule has 0 aliphatic heterocycles. The third kappa shape index (κ3) is 6.66. The summed E-state index contributed by atoms with van der Waals surface area (Å²) in [5.41, 5.74) is 3.04. The third-order valence-corrected chi connectivity index (χ3v) is 4.25. The van der Waals surface area contributed by atoms with E-state index in [0.29, 0.717) is 23.5 Å². The normalized spacial score (nSPS) is 10.8. The van der Waals surface area contributed by atoms with E-state index in [0.717, 1.165) is 12.8 Å². The van der Waals surface area contributed by atoms with Crippen LogP contribution in [0, 0.1) is 10.1 Å². The number of nitrogens with zero attached hydrogens (tertiary/aromatic N) is 2. The zero-order valence-corrected chi connectivity index (χ0v) is 16.3. The maximum Gasteiger partial charge on any atom is 0.288 e. The molecule has 0 bridgehead atoms. The number of benzene rings is 2. The van der Waals surface area contributed by atoms with E-state index in [-0.39, 0.29) is 10.7 Å². The first-order chi connectivity index (χ1) is 13.5. The van der Waals surface area contributed by atoms with Gasteiger partial charge in [0.15, 0.2) is 0 Å². The van der Waals surface area contributed by atoms with E-state index in [1.54, 1.807) is 30.3 Å². The third-order valence-electron chi connectivity index (χ3n) is 3.93. The van der Waals surface area contributed by atoms with Crippen LogP contribution in [0.25, 0.3) is 0 Å². The minimum atomic E-state index is -0.578. The molecule has 0 spiro atoms. The van der Waals surface area contributed by atoms with Gasteiger partial charge in [-0.3, -0.25) is 14.9 Å². The van der Waals surface area contributed by atoms with Crippen LogP contribution in [0.3, 0.4) is 0 Å². The molecular formula is C20H22ClN3O4. The fraction of sp³-hybridized carbons (Fsp3) is 0.300. The number of rotatable bonds is 10. The van der Waals surface area contributed by atoms with Gasteiger partial charge in [0.2, 0.25) is 0 Å². The van der Waals surface area contributed by atoms with Crippen molar-refractivity contribution in [1.82, 2.24) is 5.43 Å². The van der Waals surface area contributed by atoms with Gasteiger partial charge in [-0.05, 0) is 36.8 Å². The first-order valence-corrected chi connectivity index (χ1v) is 9.39. The molecule has 0 unspecified atom stereocenters. The first-order valence-electron chi connectivity index (χ1n) is 9.01. The highest BCUT2D eigenvalue weighted by Gasteiger charge is 2.12. The quantitative estimate of drug-likeness (QED) is 0.262. The monoisotopic (exact) mass is 403 g/mol. The molecule has 0 radical (unpaired) electrons. The maximum atomic E-state index is 12.1. The summed E-state index contributed by atoms with van der Waals surface area (Å²) >= 11 is 5.76. The number of hydrogen-bond donors (Lipinski definition) is 1. The van der Waals surface area contributed by atoms with Crippen molar-refractivity contribution in [2.75, 3.05) is 6.61 Å². The van der Waals surface area contributed by atoms with Gasteiger partial charge in [-0.15, -0.1) is 0 Å². The fourth-order valence-electron chi connectivity index (χ4n) is 2.40. The van der Waals surface area contributed by atoms with Crippen LogP contribution in [-0.2, 0) is 0 Å². The lowest BCUT2D eigenvalue weighted by Gasteiger charge is -2.06. The van der Waals surface area contributed by atoms with E-state index in [9.17, 15) is 14.9 Å². The van der Waals surface area contributed by atoms with Crippen molar-refractivity contribution in [3.05, 3.63) is 68.7 Å². The lowest BCUT2D eigenvalue weighted by Crippen LogP contribution is -2.17. The van der Waals surface area contributed by atoms with Crippen LogP contribution in [-0.4, -0.2) is 23.7 Å². The molecule has 0 heterocycles. The Morgan fingerprint density at radius 3 is 2.64 bits per heavy atom. The predicted octanol–water partition coefficient (Wildman–Crippen LogP) is 4.97. The fourth-order valence-corrected chi connectivity index (χ4v) is 2.59. The Morgan fingerprint density at radius 2 is 1.96 bits per heavy atom. The molecule has 0 aliphatic rings. The average Bonchev–Trinajstić information content (AvgIpc) is 2.69. The molecule has 2 aromatic rings. The van der Waals surface area contributed by atoms with Gasteiger partial charge < -0.3 is 4.74 Å². The predicted molar refractivity (Wildman–Crippen MR) is 109 cm³/mol. The van der Waals surface area contributed by atoms with Crippen molar-refractivity contribution in [2.24, 2.45) is 5.10 Å². The Labute approximate surface area is 168 Å². The Bertz CT molecular complexity index is 838. The van der Waals surface area contributed by atoms with Crippen molar-refractivity contribution >= 4 is 29.4 Å². The van der Waals surface area contributed by atoms with Crippen LogP contribution in [0.5, 0.6) is 5.75 Å². The number of hydrazone groups is 1. The Hall–Kier alpha value is -2.93. The number of ether oxygens (including phenoxy) is 1. The smallest absolute Gasteiger partial charge is 0.288 e. The lowest BCUT2D eigenvalue weighted by molar-refractivity contribution is -0.384. The number of hydrogen-bond acceptors (Lipinski definition) is 5. The van der Waals surface area contributed by atoms with E-state index in [1.165, 1.54) is 31.2 Å². The number of halogens is 1. The highest BCUT2D eigenvalue weighted by molar-refractivity contribution is 6.32. The molecule has 1 N–H and O–H groups in total. The second kappa shape index (κ2) is 11.0. The summed E-state index contributed by atoms with van der Waals surface area (Å²) in [5.74, 6) is 0.319. The van der Waals surface area contributed by atoms with Gasteiger partial charge in [0.1, 0.15) is 10.8 Å². The van der Waals surface area contributed by atoms with Crippen molar-refractivity contribution in [3.63, 3.8) is 0 Å². The van der Waals surface area contributed by atoms with Crippen LogP contribution >= 0.6 is 11.6 Å². The van der Waals surface area contributed by atoms with Crippen LogP contribution in [0.15, 0.2) is 47.6 Å². The summed E-state index contributed by atoms with van der Waals surface area (Å²) in [6.07, 6.45) is 5.85. The van der Waals surface area contributed by atoms with Gasteiger partial charge in [0.05, 0.1) is 17.7 Å². The number of carbonyl (C=O) groups is 1. The standard InChI is InChI=1S/C20H22ClN3O4/c1-2-3-4-5-12-28-17-9-7-16(8-10-17)20(25)23-22-14-15-6-11-18(21)19(13-15)24(26)27/h6-11,13-14H,2-5,12H2,1H3,(H,23,25). The Morgan fingerprint density at radius 1 is 1.21 bits per heavy atom. The van der Waals surface area contributed by atoms with Crippen LogP contribution in [0.2, 0.25) is 5.02 Å². The number of nitrogens with one attached hydrogen (secondary N) is 1. The topological polar surface area (TPSA) is 93.8 Å². The molecular weight excluding hydrogens is 382 g/mol. The lowest BCUT2D eigenvalue weighted by atomic mass is 10.2. The second-order valence-electron chi connectivity index (χ2n) is 6.10. The highest BCUT2D eigenvalue weighted by atomic mass is 35.5. The first kappa shape index (κ1) is 21.4. The molecule has 28 heavy (non-hydrogen) atoms. The Kier molecular flexibility index (Phi) is 8.42. The number of nitro benzene ring substituents is 1. The summed E-state index contributed by atoms with van der Waals surface area (Å²) in [7, 11) is 0. The largest absolute Gasteiger partial charge is 0.494 e. The van der Waals surface area contributed by atoms with Gasteiger partial charge in [-0.1, -0.05) is 43.9 Å². The molecule has 0 aliphatic carbocycles. The van der Waals surface area contributed by atoms with Crippen molar-refractivity contribution < 1.29 is 14.5 Å². The molecule has 1 amide bonds. The average molecular weight is 404 g/mol. The van der Waals surface area contributed by atoms with E-state index in [4.69, 9.17) is 16.3 Å². The summed E-state index contributed by atoms with van der Waals surface area (Å²) in [6.45, 7) is 2.82. The van der Waals surface area contributed by atoms with E-state index in [1.807, 2.05) is 0 Å². The van der Waals surface area contributed by atoms with Gasteiger partial charge in [-0.2, -0.15) is 5.10 Å². The van der Waals surface area contributed by atoms with E-state index >= 15 is 0 Å². The Balaban J connectivity index is 1.86. The summed E-state index contributed by atoms with van der Waals surface area (Å²) in [6, 6.07) is 11.0. The van der Waals surface area contributed by atoms with E-state index in [2.05, 4.69) is 17.5 Å². The van der Waals surface area contributed by atoms with Gasteiger partial charge in [0.25, 0.3) is 11.6 Å². The molecule has 2 aromatic carbocycles. The van der Waals surface area contributed by atoms with E-state index < -0.39 is 10.8 Å². The van der Waals surface area contributed by atoms with Crippen molar-refractivity contribution in [1.29, 1.82) is 0 Å². The molecule has 7 nitrogen and oxygen atoms in total. The maximum absolute atomic E-state index is 12.1. The highest BCUT2D eigenvalue weighted by Crippen LogP contribution is 2.24. The molecule has 8 heteroatoms. The van der Waals surface area contributed by atoms with Gasteiger partial charge >= 0.3 is 0 Å². The second-order valence-corrected chi connectivity index (χ2v) is 6.51. The molecule has 0 aromatic heterocycles. The van der Waals surface area contributed by atoms with Crippen LogP contribution in [0.4, 0.5) is 5.69 Å². The summed E-state index contributed by atoms with van der Waals surface area (Å²) < 4.78 is 5.64. The minimum absolute atomic E-state index is 0.0406. The SMILES string of the molecule is CCCCCCOc1ccc(C(=O)NN=Cc2ccc(Cl)c([N+](=O)[O-])c2)cc1. The number of unbranched alkanes of at least 4 members (excludes halogenated alkanes) is 3.